The molecular formula is C15H16N2O2. The number of nitrogens with zero attached hydrogens (tertiary/aromatic N) is 1. The minimum atomic E-state index is -0.670. The van der Waals surface area contributed by atoms with E-state index >= 15 is 0 Å². The Morgan fingerprint density at radius 2 is 2.21 bits per heavy atom. The van der Waals surface area contributed by atoms with Gasteiger partial charge in [-0.25, -0.2) is 0 Å². The van der Waals surface area contributed by atoms with Gasteiger partial charge >= 0.3 is 0 Å². The number of nitriles is 1. The fraction of sp³-hybridized carbons (Fsp3) is 0.267. The minimum Gasteiger partial charge on any atom is -0.467 e. The molecule has 0 saturated carbocycles. The van der Waals surface area contributed by atoms with Crippen LogP contribution in [0, 0.1) is 11.3 Å². The first-order valence-corrected chi connectivity index (χ1v) is 6.15. The zero-order valence-electron chi connectivity index (χ0n) is 10.7. The van der Waals surface area contributed by atoms with Gasteiger partial charge in [0.05, 0.1) is 17.9 Å². The monoisotopic (exact) mass is 256 g/mol. The molecule has 0 saturated heterocycles. The Morgan fingerprint density at radius 1 is 1.37 bits per heavy atom. The number of hydrogen-bond donors (Lipinski definition) is 2. The van der Waals surface area contributed by atoms with E-state index in [0.717, 1.165) is 5.56 Å². The zero-order chi connectivity index (χ0) is 13.7. The summed E-state index contributed by atoms with van der Waals surface area (Å²) in [5, 5.41) is 22.0. The second kappa shape index (κ2) is 6.19. The molecule has 0 fully saturated rings. The maximum Gasteiger partial charge on any atom is 0.133 e. The molecule has 4 heteroatoms. The molecule has 2 N–H and O–H groups in total. The predicted octanol–water partition coefficient (Wildman–Crippen LogP) is 2.54. The summed E-state index contributed by atoms with van der Waals surface area (Å²) in [6, 6.07) is 13.1. The molecule has 0 aliphatic carbocycles. The molecule has 2 atom stereocenters. The highest BCUT2D eigenvalue weighted by atomic mass is 16.4. The molecule has 0 aliphatic rings. The number of rotatable bonds is 5. The number of nitrogens with one attached hydrogen (secondary N) is 1. The van der Waals surface area contributed by atoms with E-state index in [1.54, 1.807) is 24.5 Å². The highest BCUT2D eigenvalue weighted by Gasteiger charge is 2.12. The van der Waals surface area contributed by atoms with Gasteiger partial charge in [0.25, 0.3) is 0 Å². The summed E-state index contributed by atoms with van der Waals surface area (Å²) < 4.78 is 5.14. The first-order valence-electron chi connectivity index (χ1n) is 6.15. The van der Waals surface area contributed by atoms with Crippen LogP contribution in [-0.2, 0) is 0 Å². The van der Waals surface area contributed by atoms with Gasteiger partial charge in [0, 0.05) is 12.6 Å². The van der Waals surface area contributed by atoms with Crippen LogP contribution in [0.5, 0.6) is 0 Å². The Labute approximate surface area is 112 Å². The van der Waals surface area contributed by atoms with E-state index in [1.165, 1.54) is 0 Å². The largest absolute Gasteiger partial charge is 0.467 e. The maximum absolute atomic E-state index is 9.90. The molecule has 1 aromatic carbocycles. The van der Waals surface area contributed by atoms with Gasteiger partial charge in [-0.2, -0.15) is 5.26 Å². The van der Waals surface area contributed by atoms with Crippen molar-refractivity contribution in [3.05, 3.63) is 59.5 Å². The third kappa shape index (κ3) is 3.44. The molecule has 1 aromatic heterocycles. The van der Waals surface area contributed by atoms with Crippen LogP contribution in [-0.4, -0.2) is 11.7 Å². The van der Waals surface area contributed by atoms with Crippen LogP contribution >= 0.6 is 0 Å². The lowest BCUT2D eigenvalue weighted by Crippen LogP contribution is -2.24. The molecular weight excluding hydrogens is 240 g/mol. The van der Waals surface area contributed by atoms with Crippen LogP contribution in [0.1, 0.15) is 36.0 Å². The van der Waals surface area contributed by atoms with Crippen LogP contribution < -0.4 is 5.32 Å². The van der Waals surface area contributed by atoms with Gasteiger partial charge in [-0.15, -0.1) is 0 Å². The van der Waals surface area contributed by atoms with E-state index in [-0.39, 0.29) is 6.04 Å². The van der Waals surface area contributed by atoms with Crippen molar-refractivity contribution in [2.24, 2.45) is 0 Å². The lowest BCUT2D eigenvalue weighted by atomic mass is 10.1. The van der Waals surface area contributed by atoms with Crippen molar-refractivity contribution >= 4 is 0 Å². The van der Waals surface area contributed by atoms with E-state index < -0.39 is 6.10 Å². The van der Waals surface area contributed by atoms with Crippen LogP contribution in [0.2, 0.25) is 0 Å². The van der Waals surface area contributed by atoms with Gasteiger partial charge in [0.1, 0.15) is 11.9 Å². The summed E-state index contributed by atoms with van der Waals surface area (Å²) in [6.45, 7) is 2.39. The summed E-state index contributed by atoms with van der Waals surface area (Å²) >= 11 is 0. The van der Waals surface area contributed by atoms with Gasteiger partial charge in [-0.3, -0.25) is 0 Å². The second-order valence-corrected chi connectivity index (χ2v) is 4.40. The van der Waals surface area contributed by atoms with Crippen LogP contribution in [0.15, 0.2) is 47.1 Å². The van der Waals surface area contributed by atoms with Crippen molar-refractivity contribution in [1.29, 1.82) is 5.26 Å². The van der Waals surface area contributed by atoms with Gasteiger partial charge in [-0.05, 0) is 36.8 Å². The summed E-state index contributed by atoms with van der Waals surface area (Å²) in [5.74, 6) is 0.547. The Hall–Kier alpha value is -2.09. The van der Waals surface area contributed by atoms with Crippen LogP contribution in [0.25, 0.3) is 0 Å². The smallest absolute Gasteiger partial charge is 0.133 e. The van der Waals surface area contributed by atoms with E-state index in [1.807, 2.05) is 25.1 Å². The van der Waals surface area contributed by atoms with Crippen molar-refractivity contribution in [2.75, 3.05) is 6.54 Å². The standard InChI is InChI=1S/C15H16N2O2/c1-11(13-5-2-4-12(8-13)9-16)17-10-14(18)15-6-3-7-19-15/h2-8,11,14,17-18H,10H2,1H3. The summed E-state index contributed by atoms with van der Waals surface area (Å²) in [6.07, 6.45) is 0.870. The van der Waals surface area contributed by atoms with Crippen molar-refractivity contribution in [3.8, 4) is 6.07 Å². The first-order chi connectivity index (χ1) is 9.20. The Bertz CT molecular complexity index is 558. The Balaban J connectivity index is 1.94. The molecule has 4 nitrogen and oxygen atoms in total. The van der Waals surface area contributed by atoms with E-state index in [2.05, 4.69) is 11.4 Å². The number of benzene rings is 1. The van der Waals surface area contributed by atoms with Gasteiger partial charge in [-0.1, -0.05) is 12.1 Å². The molecule has 98 valence electrons. The number of hydrogen-bond acceptors (Lipinski definition) is 4. The maximum atomic E-state index is 9.90. The molecule has 19 heavy (non-hydrogen) atoms. The SMILES string of the molecule is CC(NCC(O)c1ccco1)c1cccc(C#N)c1. The molecule has 0 amide bonds. The Morgan fingerprint density at radius 3 is 2.89 bits per heavy atom. The van der Waals surface area contributed by atoms with Crippen LogP contribution in [0.3, 0.4) is 0 Å². The van der Waals surface area contributed by atoms with Gasteiger partial charge in [0.2, 0.25) is 0 Å². The first kappa shape index (κ1) is 13.3. The minimum absolute atomic E-state index is 0.0536. The third-order valence-corrected chi connectivity index (χ3v) is 3.00. The molecule has 1 heterocycles. The molecule has 2 rings (SSSR count). The van der Waals surface area contributed by atoms with E-state index in [9.17, 15) is 5.11 Å². The lowest BCUT2D eigenvalue weighted by molar-refractivity contribution is 0.144. The fourth-order valence-electron chi connectivity index (χ4n) is 1.87. The third-order valence-electron chi connectivity index (χ3n) is 3.00. The molecule has 0 aliphatic heterocycles. The Kier molecular flexibility index (Phi) is 4.35. The highest BCUT2D eigenvalue weighted by Crippen LogP contribution is 2.16. The summed E-state index contributed by atoms with van der Waals surface area (Å²) in [7, 11) is 0. The molecule has 2 unspecified atom stereocenters. The summed E-state index contributed by atoms with van der Waals surface area (Å²) in [4.78, 5) is 0. The number of aliphatic hydroxyl groups is 1. The quantitative estimate of drug-likeness (QED) is 0.862. The van der Waals surface area contributed by atoms with Gasteiger partial charge < -0.3 is 14.8 Å². The number of furan rings is 1. The lowest BCUT2D eigenvalue weighted by Gasteiger charge is -2.16. The van der Waals surface area contributed by atoms with Crippen molar-refractivity contribution in [1.82, 2.24) is 5.32 Å². The average molecular weight is 256 g/mol. The number of aliphatic hydroxyl groups excluding tert-OH is 1. The second-order valence-electron chi connectivity index (χ2n) is 4.40. The predicted molar refractivity (Wildman–Crippen MR) is 71.2 cm³/mol. The van der Waals surface area contributed by atoms with E-state index in [4.69, 9.17) is 9.68 Å². The zero-order valence-corrected chi connectivity index (χ0v) is 10.7. The molecule has 0 bridgehead atoms. The average Bonchev–Trinajstić information content (AvgIpc) is 2.98. The van der Waals surface area contributed by atoms with Gasteiger partial charge in [0.15, 0.2) is 0 Å². The molecule has 2 aromatic rings. The highest BCUT2D eigenvalue weighted by molar-refractivity contribution is 5.34. The topological polar surface area (TPSA) is 69.2 Å². The van der Waals surface area contributed by atoms with Crippen LogP contribution in [0.4, 0.5) is 0 Å². The van der Waals surface area contributed by atoms with Crippen molar-refractivity contribution in [3.63, 3.8) is 0 Å². The normalized spacial score (nSPS) is 13.7. The summed E-state index contributed by atoms with van der Waals surface area (Å²) in [5.41, 5.74) is 1.66. The molecule has 0 radical (unpaired) electrons. The fourth-order valence-corrected chi connectivity index (χ4v) is 1.87. The molecule has 0 spiro atoms. The van der Waals surface area contributed by atoms with Crippen molar-refractivity contribution < 1.29 is 9.52 Å². The van der Waals surface area contributed by atoms with Crippen molar-refractivity contribution in [2.45, 2.75) is 19.1 Å². The van der Waals surface area contributed by atoms with E-state index in [0.29, 0.717) is 17.9 Å².